The van der Waals surface area contributed by atoms with Crippen molar-refractivity contribution in [3.63, 3.8) is 0 Å². The fourth-order valence-electron chi connectivity index (χ4n) is 3.05. The van der Waals surface area contributed by atoms with Gasteiger partial charge in [-0.15, -0.1) is 0 Å². The van der Waals surface area contributed by atoms with Crippen molar-refractivity contribution in [2.24, 2.45) is 0 Å². The van der Waals surface area contributed by atoms with Gasteiger partial charge in [-0.25, -0.2) is 14.4 Å². The highest BCUT2D eigenvalue weighted by molar-refractivity contribution is 6.03. The molecule has 0 saturated carbocycles. The highest BCUT2D eigenvalue weighted by Gasteiger charge is 2.19. The largest absolute Gasteiger partial charge is 0.478 e. The molecule has 0 unspecified atom stereocenters. The predicted octanol–water partition coefficient (Wildman–Crippen LogP) is 5.55. The van der Waals surface area contributed by atoms with Crippen molar-refractivity contribution < 1.29 is 29.3 Å². The standard InChI is InChI=1S/C22H32O6/c1-2-3-4-5-6-7-8-9-10-11-12-15-28-22(27)17-13-14-18(20(23)24)19(16-17)21(25)26/h13-14,16H,2-12,15H2,1H3,(H,23,24)(H,25,26). The minimum atomic E-state index is -1.39. The van der Waals surface area contributed by atoms with Gasteiger partial charge in [0.25, 0.3) is 0 Å². The predicted molar refractivity (Wildman–Crippen MR) is 107 cm³/mol. The van der Waals surface area contributed by atoms with Crippen molar-refractivity contribution >= 4 is 17.9 Å². The lowest BCUT2D eigenvalue weighted by atomic mass is 10.0. The number of hydrogen-bond acceptors (Lipinski definition) is 4. The number of carboxylic acid groups (broad SMARTS) is 2. The molecule has 6 nitrogen and oxygen atoms in total. The summed E-state index contributed by atoms with van der Waals surface area (Å²) in [5.41, 5.74) is -0.725. The van der Waals surface area contributed by atoms with Crippen LogP contribution in [0.25, 0.3) is 0 Å². The second-order valence-corrected chi connectivity index (χ2v) is 7.04. The van der Waals surface area contributed by atoms with Crippen molar-refractivity contribution in [3.8, 4) is 0 Å². The van der Waals surface area contributed by atoms with Gasteiger partial charge in [0, 0.05) is 0 Å². The van der Waals surface area contributed by atoms with Crippen LogP contribution >= 0.6 is 0 Å². The Labute approximate surface area is 166 Å². The van der Waals surface area contributed by atoms with E-state index >= 15 is 0 Å². The molecule has 0 atom stereocenters. The first-order valence-electron chi connectivity index (χ1n) is 10.2. The van der Waals surface area contributed by atoms with Crippen molar-refractivity contribution in [2.45, 2.75) is 77.6 Å². The Kier molecular flexibility index (Phi) is 11.6. The van der Waals surface area contributed by atoms with Crippen molar-refractivity contribution in [1.82, 2.24) is 0 Å². The highest BCUT2D eigenvalue weighted by Crippen LogP contribution is 2.15. The molecule has 1 aromatic carbocycles. The fourth-order valence-corrected chi connectivity index (χ4v) is 3.05. The number of rotatable bonds is 15. The van der Waals surface area contributed by atoms with Crippen molar-refractivity contribution in [2.75, 3.05) is 6.61 Å². The van der Waals surface area contributed by atoms with Crippen LogP contribution in [0.15, 0.2) is 18.2 Å². The summed E-state index contributed by atoms with van der Waals surface area (Å²) in [5, 5.41) is 18.1. The number of carbonyl (C=O) groups is 3. The maximum absolute atomic E-state index is 12.0. The molecule has 0 spiro atoms. The van der Waals surface area contributed by atoms with Crippen molar-refractivity contribution in [3.05, 3.63) is 34.9 Å². The second-order valence-electron chi connectivity index (χ2n) is 7.04. The molecule has 0 aliphatic rings. The molecule has 0 radical (unpaired) electrons. The van der Waals surface area contributed by atoms with E-state index in [2.05, 4.69) is 6.92 Å². The maximum Gasteiger partial charge on any atom is 0.338 e. The number of ether oxygens (including phenoxy) is 1. The number of aromatic carboxylic acids is 2. The summed E-state index contributed by atoms with van der Waals surface area (Å²) in [6.07, 6.45) is 13.2. The molecule has 0 heterocycles. The molecular weight excluding hydrogens is 360 g/mol. The molecule has 0 aliphatic carbocycles. The molecule has 0 saturated heterocycles. The van der Waals surface area contributed by atoms with Gasteiger partial charge in [-0.05, 0) is 24.6 Å². The first-order valence-corrected chi connectivity index (χ1v) is 10.2. The summed E-state index contributed by atoms with van der Waals surface area (Å²) in [6.45, 7) is 2.50. The maximum atomic E-state index is 12.0. The van der Waals surface area contributed by atoms with E-state index in [0.717, 1.165) is 31.4 Å². The number of unbranched alkanes of at least 4 members (excludes halogenated alkanes) is 10. The third-order valence-electron chi connectivity index (χ3n) is 4.70. The molecule has 0 fully saturated rings. The molecule has 156 valence electrons. The Morgan fingerprint density at radius 3 is 1.75 bits per heavy atom. The molecule has 1 rings (SSSR count). The van der Waals surface area contributed by atoms with E-state index in [1.54, 1.807) is 0 Å². The summed E-state index contributed by atoms with van der Waals surface area (Å²) >= 11 is 0. The molecule has 2 N–H and O–H groups in total. The Bertz CT molecular complexity index is 638. The number of carboxylic acids is 2. The number of hydrogen-bond donors (Lipinski definition) is 2. The van der Waals surface area contributed by atoms with E-state index in [-0.39, 0.29) is 17.7 Å². The average Bonchev–Trinajstić information content (AvgIpc) is 2.68. The van der Waals surface area contributed by atoms with E-state index in [1.807, 2.05) is 0 Å². The van der Waals surface area contributed by atoms with Crippen LogP contribution in [0.5, 0.6) is 0 Å². The fraction of sp³-hybridized carbons (Fsp3) is 0.591. The highest BCUT2D eigenvalue weighted by atomic mass is 16.5. The molecule has 28 heavy (non-hydrogen) atoms. The zero-order valence-corrected chi connectivity index (χ0v) is 16.7. The van der Waals surface area contributed by atoms with Crippen LogP contribution in [0, 0.1) is 0 Å². The zero-order chi connectivity index (χ0) is 20.8. The number of carbonyl (C=O) groups excluding carboxylic acids is 1. The second kappa shape index (κ2) is 13.7. The molecule has 0 bridgehead atoms. The van der Waals surface area contributed by atoms with Crippen LogP contribution < -0.4 is 0 Å². The smallest absolute Gasteiger partial charge is 0.338 e. The Balaban J connectivity index is 2.21. The molecule has 6 heteroatoms. The van der Waals surface area contributed by atoms with Gasteiger partial charge in [-0.2, -0.15) is 0 Å². The van der Waals surface area contributed by atoms with Crippen molar-refractivity contribution in [1.29, 1.82) is 0 Å². The first-order chi connectivity index (χ1) is 13.5. The third kappa shape index (κ3) is 9.02. The molecular formula is C22H32O6. The number of benzene rings is 1. The SMILES string of the molecule is CCCCCCCCCCCCCOC(=O)c1ccc(C(=O)O)c(C(=O)O)c1. The Morgan fingerprint density at radius 1 is 0.750 bits per heavy atom. The van der Waals surface area contributed by atoms with E-state index in [1.165, 1.54) is 57.4 Å². The lowest BCUT2D eigenvalue weighted by molar-refractivity contribution is 0.0496. The summed E-state index contributed by atoms with van der Waals surface area (Å²) < 4.78 is 5.17. The van der Waals surface area contributed by atoms with Gasteiger partial charge in [0.15, 0.2) is 0 Å². The van der Waals surface area contributed by atoms with Crippen LogP contribution in [0.4, 0.5) is 0 Å². The van der Waals surface area contributed by atoms with Gasteiger partial charge in [0.1, 0.15) is 0 Å². The Morgan fingerprint density at radius 2 is 1.25 bits per heavy atom. The quantitative estimate of drug-likeness (QED) is 0.300. The summed E-state index contributed by atoms with van der Waals surface area (Å²) in [7, 11) is 0. The van der Waals surface area contributed by atoms with Gasteiger partial charge in [0.2, 0.25) is 0 Å². The van der Waals surface area contributed by atoms with Gasteiger partial charge in [0.05, 0.1) is 23.3 Å². The van der Waals surface area contributed by atoms with E-state index < -0.39 is 23.5 Å². The van der Waals surface area contributed by atoms with Crippen LogP contribution in [-0.2, 0) is 4.74 Å². The lowest BCUT2D eigenvalue weighted by Crippen LogP contribution is -2.12. The average molecular weight is 392 g/mol. The first kappa shape index (κ1) is 23.7. The van der Waals surface area contributed by atoms with Gasteiger partial charge in [-0.1, -0.05) is 71.1 Å². The third-order valence-corrected chi connectivity index (χ3v) is 4.70. The normalized spacial score (nSPS) is 10.6. The molecule has 0 amide bonds. The minimum absolute atomic E-state index is 0.0467. The Hall–Kier alpha value is -2.37. The lowest BCUT2D eigenvalue weighted by Gasteiger charge is -2.07. The van der Waals surface area contributed by atoms with Gasteiger partial charge < -0.3 is 14.9 Å². The van der Waals surface area contributed by atoms with E-state index in [4.69, 9.17) is 14.9 Å². The van der Waals surface area contributed by atoms with E-state index in [0.29, 0.717) is 0 Å². The summed E-state index contributed by atoms with van der Waals surface area (Å²) in [5.74, 6) is -3.37. The zero-order valence-electron chi connectivity index (χ0n) is 16.7. The molecule has 0 aromatic heterocycles. The summed E-state index contributed by atoms with van der Waals surface area (Å²) in [4.78, 5) is 34.2. The van der Waals surface area contributed by atoms with Crippen LogP contribution in [0.3, 0.4) is 0 Å². The topological polar surface area (TPSA) is 101 Å². The molecule has 1 aromatic rings. The van der Waals surface area contributed by atoms with E-state index in [9.17, 15) is 14.4 Å². The summed E-state index contributed by atoms with van der Waals surface area (Å²) in [6, 6.07) is 3.44. The number of esters is 1. The minimum Gasteiger partial charge on any atom is -0.478 e. The van der Waals surface area contributed by atoms with Crippen LogP contribution in [-0.4, -0.2) is 34.7 Å². The van der Waals surface area contributed by atoms with Crippen LogP contribution in [0.2, 0.25) is 0 Å². The van der Waals surface area contributed by atoms with Gasteiger partial charge >= 0.3 is 17.9 Å². The van der Waals surface area contributed by atoms with Gasteiger partial charge in [-0.3, -0.25) is 0 Å². The monoisotopic (exact) mass is 392 g/mol. The molecule has 0 aliphatic heterocycles. The van der Waals surface area contributed by atoms with Crippen LogP contribution in [0.1, 0.15) is 109 Å².